The zero-order valence-electron chi connectivity index (χ0n) is 10.8. The summed E-state index contributed by atoms with van der Waals surface area (Å²) in [5, 5.41) is 9.27. The summed E-state index contributed by atoms with van der Waals surface area (Å²) in [7, 11) is 1.23. The van der Waals surface area contributed by atoms with Gasteiger partial charge in [-0.3, -0.25) is 4.79 Å². The van der Waals surface area contributed by atoms with Gasteiger partial charge in [-0.15, -0.1) is 0 Å². The zero-order valence-corrected chi connectivity index (χ0v) is 11.6. The summed E-state index contributed by atoms with van der Waals surface area (Å²) in [6.07, 6.45) is 1.29. The number of rotatable bonds is 3. The van der Waals surface area contributed by atoms with E-state index in [9.17, 15) is 14.4 Å². The number of carbonyl (C=O) groups excluding carboxylic acids is 1. The average Bonchev–Trinajstić information content (AvgIpc) is 2.46. The van der Waals surface area contributed by atoms with Crippen LogP contribution in [0.5, 0.6) is 0 Å². The summed E-state index contributed by atoms with van der Waals surface area (Å²) in [5.41, 5.74) is 0.250. The van der Waals surface area contributed by atoms with E-state index in [1.165, 1.54) is 31.5 Å². The second kappa shape index (κ2) is 5.80. The molecule has 0 saturated carbocycles. The number of nitrogens with one attached hydrogen (secondary N) is 1. The van der Waals surface area contributed by atoms with Gasteiger partial charge in [0.1, 0.15) is 0 Å². The number of aromatic carboxylic acids is 1. The molecule has 0 bridgehead atoms. The lowest BCUT2D eigenvalue weighted by Gasteiger charge is -2.08. The van der Waals surface area contributed by atoms with Gasteiger partial charge in [-0.2, -0.15) is 0 Å². The Morgan fingerprint density at radius 3 is 2.52 bits per heavy atom. The molecule has 6 nitrogen and oxygen atoms in total. The number of pyridine rings is 1. The Bertz CT molecular complexity index is 781. The van der Waals surface area contributed by atoms with Gasteiger partial charge < -0.3 is 14.8 Å². The number of esters is 1. The highest BCUT2D eigenvalue weighted by Crippen LogP contribution is 2.27. The summed E-state index contributed by atoms with van der Waals surface area (Å²) >= 11 is 6.00. The fourth-order valence-electron chi connectivity index (χ4n) is 1.85. The summed E-state index contributed by atoms with van der Waals surface area (Å²) in [6.45, 7) is 0. The van der Waals surface area contributed by atoms with Crippen LogP contribution in [-0.4, -0.2) is 29.1 Å². The van der Waals surface area contributed by atoms with Gasteiger partial charge in [-0.25, -0.2) is 9.59 Å². The lowest BCUT2D eigenvalue weighted by Crippen LogP contribution is -2.10. The van der Waals surface area contributed by atoms with Crippen LogP contribution in [0.1, 0.15) is 20.7 Å². The normalized spacial score (nSPS) is 10.2. The van der Waals surface area contributed by atoms with Crippen molar-refractivity contribution in [2.75, 3.05) is 7.11 Å². The molecule has 0 radical (unpaired) electrons. The molecule has 2 aromatic rings. The monoisotopic (exact) mass is 307 g/mol. The van der Waals surface area contributed by atoms with Crippen molar-refractivity contribution < 1.29 is 19.4 Å². The van der Waals surface area contributed by atoms with Crippen LogP contribution in [0.4, 0.5) is 0 Å². The Morgan fingerprint density at radius 1 is 1.24 bits per heavy atom. The lowest BCUT2D eigenvalue weighted by molar-refractivity contribution is 0.0600. The maximum absolute atomic E-state index is 11.5. The molecule has 0 amide bonds. The molecule has 0 fully saturated rings. The molecular formula is C14H10ClNO5. The Balaban J connectivity index is 2.58. The first kappa shape index (κ1) is 14.8. The maximum Gasteiger partial charge on any atom is 0.339 e. The van der Waals surface area contributed by atoms with E-state index in [-0.39, 0.29) is 16.1 Å². The Kier molecular flexibility index (Phi) is 4.09. The standard InChI is InChI=1S/C14H10ClNO5/c1-21-14(20)8-3-2-7(4-11(8)15)10-6-16-12(17)5-9(10)13(18)19/h2-6H,1H3,(H,16,17)(H,18,19). The molecule has 1 aromatic heterocycles. The van der Waals surface area contributed by atoms with E-state index in [1.54, 1.807) is 0 Å². The molecule has 0 unspecified atom stereocenters. The van der Waals surface area contributed by atoms with Crippen LogP contribution in [0.15, 0.2) is 35.3 Å². The molecule has 2 rings (SSSR count). The van der Waals surface area contributed by atoms with E-state index < -0.39 is 17.5 Å². The highest BCUT2D eigenvalue weighted by Gasteiger charge is 2.16. The van der Waals surface area contributed by atoms with Gasteiger partial charge in [0.25, 0.3) is 0 Å². The molecule has 1 heterocycles. The smallest absolute Gasteiger partial charge is 0.339 e. The van der Waals surface area contributed by atoms with E-state index in [1.807, 2.05) is 0 Å². The highest BCUT2D eigenvalue weighted by atomic mass is 35.5. The molecule has 0 aliphatic rings. The number of H-pyrrole nitrogens is 1. The van der Waals surface area contributed by atoms with Gasteiger partial charge >= 0.3 is 11.9 Å². The molecule has 0 spiro atoms. The van der Waals surface area contributed by atoms with Gasteiger partial charge in [0.2, 0.25) is 5.56 Å². The van der Waals surface area contributed by atoms with Crippen molar-refractivity contribution in [3.63, 3.8) is 0 Å². The number of ether oxygens (including phenoxy) is 1. The van der Waals surface area contributed by atoms with Gasteiger partial charge in [-0.05, 0) is 17.7 Å². The van der Waals surface area contributed by atoms with Gasteiger partial charge in [0.05, 0.1) is 23.3 Å². The van der Waals surface area contributed by atoms with Crippen molar-refractivity contribution in [3.05, 3.63) is 57.0 Å². The van der Waals surface area contributed by atoms with Crippen molar-refractivity contribution >= 4 is 23.5 Å². The van der Waals surface area contributed by atoms with Crippen LogP contribution >= 0.6 is 11.6 Å². The van der Waals surface area contributed by atoms with Crippen LogP contribution in [0.2, 0.25) is 5.02 Å². The highest BCUT2D eigenvalue weighted by molar-refractivity contribution is 6.33. The minimum Gasteiger partial charge on any atom is -0.478 e. The molecule has 2 N–H and O–H groups in total. The number of carboxylic acids is 1. The van der Waals surface area contributed by atoms with Crippen LogP contribution < -0.4 is 5.56 Å². The van der Waals surface area contributed by atoms with Crippen molar-refractivity contribution in [1.29, 1.82) is 0 Å². The second-order valence-electron chi connectivity index (χ2n) is 4.12. The number of aromatic nitrogens is 1. The van der Waals surface area contributed by atoms with E-state index >= 15 is 0 Å². The van der Waals surface area contributed by atoms with Gasteiger partial charge in [0.15, 0.2) is 0 Å². The number of methoxy groups -OCH3 is 1. The van der Waals surface area contributed by atoms with E-state index in [0.717, 1.165) is 6.07 Å². The molecule has 108 valence electrons. The third kappa shape index (κ3) is 2.95. The first-order chi connectivity index (χ1) is 9.93. The average molecular weight is 308 g/mol. The Hall–Kier alpha value is -2.60. The molecular weight excluding hydrogens is 298 g/mol. The Labute approximate surface area is 123 Å². The van der Waals surface area contributed by atoms with Crippen LogP contribution in [-0.2, 0) is 4.74 Å². The van der Waals surface area contributed by atoms with Crippen LogP contribution in [0.25, 0.3) is 11.1 Å². The number of hydrogen-bond donors (Lipinski definition) is 2. The number of halogens is 1. The van der Waals surface area contributed by atoms with Gasteiger partial charge in [-0.1, -0.05) is 17.7 Å². The second-order valence-corrected chi connectivity index (χ2v) is 4.52. The fourth-order valence-corrected chi connectivity index (χ4v) is 2.10. The van der Waals surface area contributed by atoms with Gasteiger partial charge in [0, 0.05) is 17.8 Å². The first-order valence-corrected chi connectivity index (χ1v) is 6.16. The number of benzene rings is 1. The van der Waals surface area contributed by atoms with Crippen LogP contribution in [0.3, 0.4) is 0 Å². The van der Waals surface area contributed by atoms with Crippen molar-refractivity contribution in [2.45, 2.75) is 0 Å². The van der Waals surface area contributed by atoms with E-state index in [0.29, 0.717) is 11.1 Å². The molecule has 1 aromatic carbocycles. The molecule has 21 heavy (non-hydrogen) atoms. The third-order valence-corrected chi connectivity index (χ3v) is 3.15. The maximum atomic E-state index is 11.5. The summed E-state index contributed by atoms with van der Waals surface area (Å²) in [5.74, 6) is -1.82. The first-order valence-electron chi connectivity index (χ1n) is 5.78. The number of aromatic amines is 1. The SMILES string of the molecule is COC(=O)c1ccc(-c2c[nH]c(=O)cc2C(=O)O)cc1Cl. The van der Waals surface area contributed by atoms with E-state index in [4.69, 9.17) is 16.7 Å². The van der Waals surface area contributed by atoms with Crippen molar-refractivity contribution in [2.24, 2.45) is 0 Å². The minimum atomic E-state index is -1.23. The summed E-state index contributed by atoms with van der Waals surface area (Å²) < 4.78 is 4.58. The number of carbonyl (C=O) groups is 2. The molecule has 0 saturated heterocycles. The summed E-state index contributed by atoms with van der Waals surface area (Å²) in [6, 6.07) is 5.38. The number of hydrogen-bond acceptors (Lipinski definition) is 4. The van der Waals surface area contributed by atoms with Crippen LogP contribution in [0, 0.1) is 0 Å². The molecule has 0 aliphatic carbocycles. The van der Waals surface area contributed by atoms with Crippen molar-refractivity contribution in [3.8, 4) is 11.1 Å². The van der Waals surface area contributed by atoms with E-state index in [2.05, 4.69) is 9.72 Å². The largest absolute Gasteiger partial charge is 0.478 e. The number of carboxylic acid groups (broad SMARTS) is 1. The fraction of sp³-hybridized carbons (Fsp3) is 0.0714. The predicted molar refractivity (Wildman–Crippen MR) is 75.8 cm³/mol. The molecule has 7 heteroatoms. The third-order valence-electron chi connectivity index (χ3n) is 2.84. The molecule has 0 aliphatic heterocycles. The molecule has 0 atom stereocenters. The summed E-state index contributed by atoms with van der Waals surface area (Å²) in [4.78, 5) is 36.3. The zero-order chi connectivity index (χ0) is 15.6. The minimum absolute atomic E-state index is 0.127. The predicted octanol–water partition coefficient (Wildman–Crippen LogP) is 2.18. The lowest BCUT2D eigenvalue weighted by atomic mass is 10.0. The van der Waals surface area contributed by atoms with Crippen molar-refractivity contribution in [1.82, 2.24) is 4.98 Å². The quantitative estimate of drug-likeness (QED) is 0.847. The Morgan fingerprint density at radius 2 is 1.95 bits per heavy atom. The topological polar surface area (TPSA) is 96.5 Å².